The molecule has 3 aromatic heterocycles. The van der Waals surface area contributed by atoms with Crippen LogP contribution in [0, 0.1) is 0 Å². The number of hydrogen-bond acceptors (Lipinski definition) is 6. The lowest BCUT2D eigenvalue weighted by Crippen LogP contribution is -2.25. The fourth-order valence-corrected chi connectivity index (χ4v) is 6.45. The van der Waals surface area contributed by atoms with Crippen LogP contribution in [-0.2, 0) is 29.9 Å². The van der Waals surface area contributed by atoms with Crippen LogP contribution in [0.4, 0.5) is 0 Å². The molecule has 0 bridgehead atoms. The third kappa shape index (κ3) is 4.99. The predicted octanol–water partition coefficient (Wildman–Crippen LogP) is 4.04. The number of nitrogens with zero attached hydrogens (tertiary/aromatic N) is 3. The summed E-state index contributed by atoms with van der Waals surface area (Å²) >= 11 is 3.30. The number of nitrogens with one attached hydrogen (secondary N) is 2. The second-order valence-electron chi connectivity index (χ2n) is 8.34. The van der Waals surface area contributed by atoms with Gasteiger partial charge in [-0.1, -0.05) is 12.1 Å². The van der Waals surface area contributed by atoms with Crippen LogP contribution in [0.25, 0.3) is 21.3 Å². The molecule has 172 valence electrons. The first-order valence-electron chi connectivity index (χ1n) is 11.5. The topological polar surface area (TPSA) is 92.7 Å². The van der Waals surface area contributed by atoms with Gasteiger partial charge in [0.05, 0.1) is 28.5 Å². The maximum absolute atomic E-state index is 12.6. The lowest BCUT2D eigenvalue weighted by Gasteiger charge is -2.09. The molecule has 0 radical (unpaired) electrons. The smallest absolute Gasteiger partial charge is 0.259 e. The Balaban J connectivity index is 1.04. The Bertz CT molecular complexity index is 1340. The first-order valence-corrected chi connectivity index (χ1v) is 13.4. The summed E-state index contributed by atoms with van der Waals surface area (Å²) in [6.45, 7) is 1.47. The highest BCUT2D eigenvalue weighted by molar-refractivity contribution is 7.98. The van der Waals surface area contributed by atoms with Crippen molar-refractivity contribution in [2.45, 2.75) is 50.8 Å². The second-order valence-corrected chi connectivity index (χ2v) is 10.5. The second kappa shape index (κ2) is 10.1. The standard InChI is InChI=1S/C24H27N5O2S2/c30-21(25-11-5-12-29-15-26-17-7-2-3-8-18(17)29)10-13-32-14-20-27-23(31)22-16-6-1-4-9-19(16)33-24(22)28-20/h2-3,7-8,15H,1,4-6,9-14H2,(H,25,30)(H,27,28,31). The van der Waals surface area contributed by atoms with E-state index in [1.54, 1.807) is 23.1 Å². The van der Waals surface area contributed by atoms with Gasteiger partial charge >= 0.3 is 0 Å². The van der Waals surface area contributed by atoms with E-state index in [2.05, 4.69) is 25.9 Å². The number of carbonyl (C=O) groups excluding carboxylic acids is 1. The molecule has 2 N–H and O–H groups in total. The summed E-state index contributed by atoms with van der Waals surface area (Å²) in [7, 11) is 0. The highest BCUT2D eigenvalue weighted by Gasteiger charge is 2.19. The summed E-state index contributed by atoms with van der Waals surface area (Å²) in [5.74, 6) is 2.06. The van der Waals surface area contributed by atoms with Crippen LogP contribution in [0.15, 0.2) is 35.4 Å². The van der Waals surface area contributed by atoms with E-state index in [-0.39, 0.29) is 11.5 Å². The lowest BCUT2D eigenvalue weighted by molar-refractivity contribution is -0.120. The third-order valence-corrected chi connectivity index (χ3v) is 8.17. The minimum absolute atomic E-state index is 0.0154. The summed E-state index contributed by atoms with van der Waals surface area (Å²) < 4.78 is 2.12. The van der Waals surface area contributed by atoms with Gasteiger partial charge in [-0.25, -0.2) is 9.97 Å². The zero-order valence-corrected chi connectivity index (χ0v) is 20.1. The van der Waals surface area contributed by atoms with Crippen molar-refractivity contribution < 1.29 is 4.79 Å². The van der Waals surface area contributed by atoms with Crippen LogP contribution >= 0.6 is 23.1 Å². The monoisotopic (exact) mass is 481 g/mol. The lowest BCUT2D eigenvalue weighted by atomic mass is 9.97. The molecule has 33 heavy (non-hydrogen) atoms. The number of aromatic amines is 1. The van der Waals surface area contributed by atoms with Gasteiger partial charge in [-0.2, -0.15) is 11.8 Å². The van der Waals surface area contributed by atoms with Crippen molar-refractivity contribution in [3.63, 3.8) is 0 Å². The van der Waals surface area contributed by atoms with Gasteiger partial charge < -0.3 is 14.9 Å². The number of imidazole rings is 1. The van der Waals surface area contributed by atoms with Gasteiger partial charge in [0.2, 0.25) is 5.91 Å². The van der Waals surface area contributed by atoms with Crippen LogP contribution in [0.1, 0.15) is 41.9 Å². The maximum Gasteiger partial charge on any atom is 0.259 e. The van der Waals surface area contributed by atoms with Crippen molar-refractivity contribution in [3.8, 4) is 0 Å². The molecule has 1 aliphatic rings. The number of carbonyl (C=O) groups is 1. The number of benzene rings is 1. The minimum atomic E-state index is -0.0154. The molecule has 0 aliphatic heterocycles. The van der Waals surface area contributed by atoms with Gasteiger partial charge in [0.15, 0.2) is 0 Å². The van der Waals surface area contributed by atoms with Crippen molar-refractivity contribution >= 4 is 50.3 Å². The van der Waals surface area contributed by atoms with Gasteiger partial charge in [0.25, 0.3) is 5.56 Å². The Kier molecular flexibility index (Phi) is 6.78. The molecule has 0 saturated heterocycles. The summed E-state index contributed by atoms with van der Waals surface area (Å²) in [5.41, 5.74) is 3.31. The Labute approximate surface area is 200 Å². The molecule has 7 nitrogen and oxygen atoms in total. The van der Waals surface area contributed by atoms with Crippen molar-refractivity contribution in [2.24, 2.45) is 0 Å². The van der Waals surface area contributed by atoms with E-state index in [1.165, 1.54) is 16.9 Å². The zero-order valence-electron chi connectivity index (χ0n) is 18.4. The van der Waals surface area contributed by atoms with Gasteiger partial charge in [-0.05, 0) is 49.8 Å². The molecular weight excluding hydrogens is 454 g/mol. The Morgan fingerprint density at radius 1 is 1.24 bits per heavy atom. The van der Waals surface area contributed by atoms with Crippen LogP contribution in [0.3, 0.4) is 0 Å². The minimum Gasteiger partial charge on any atom is -0.356 e. The van der Waals surface area contributed by atoms with Gasteiger partial charge in [0, 0.05) is 30.1 Å². The van der Waals surface area contributed by atoms with Crippen LogP contribution in [-0.4, -0.2) is 37.7 Å². The Morgan fingerprint density at radius 2 is 2.12 bits per heavy atom. The largest absolute Gasteiger partial charge is 0.356 e. The summed E-state index contributed by atoms with van der Waals surface area (Å²) in [5, 5.41) is 3.79. The molecule has 0 fully saturated rings. The van der Waals surface area contributed by atoms with Gasteiger partial charge in [0.1, 0.15) is 10.7 Å². The first-order chi connectivity index (χ1) is 16.2. The molecule has 3 heterocycles. The van der Waals surface area contributed by atoms with Crippen molar-refractivity contribution in [2.75, 3.05) is 12.3 Å². The van der Waals surface area contributed by atoms with E-state index in [0.29, 0.717) is 30.3 Å². The molecule has 5 rings (SSSR count). The Hall–Kier alpha value is -2.65. The SMILES string of the molecule is O=C(CCSCc1nc2sc3c(c2c(=O)[nH]1)CCCC3)NCCCn1cnc2ccccc21. The number of fused-ring (bicyclic) bond motifs is 4. The number of para-hydroxylation sites is 2. The molecular formula is C24H27N5O2S2. The van der Waals surface area contributed by atoms with E-state index < -0.39 is 0 Å². The highest BCUT2D eigenvalue weighted by atomic mass is 32.2. The average Bonchev–Trinajstić information content (AvgIpc) is 3.41. The van der Waals surface area contributed by atoms with E-state index in [9.17, 15) is 9.59 Å². The van der Waals surface area contributed by atoms with Gasteiger partial charge in [-0.15, -0.1) is 11.3 Å². The number of amides is 1. The third-order valence-electron chi connectivity index (χ3n) is 6.01. The fraction of sp³-hybridized carbons (Fsp3) is 0.417. The quantitative estimate of drug-likeness (QED) is 0.352. The molecule has 0 atom stereocenters. The zero-order chi connectivity index (χ0) is 22.6. The fourth-order valence-electron chi connectivity index (χ4n) is 4.36. The number of rotatable bonds is 9. The van der Waals surface area contributed by atoms with E-state index >= 15 is 0 Å². The molecule has 1 amide bonds. The predicted molar refractivity (Wildman–Crippen MR) is 135 cm³/mol. The summed E-state index contributed by atoms with van der Waals surface area (Å²) in [6, 6.07) is 8.06. The first kappa shape index (κ1) is 22.2. The van der Waals surface area contributed by atoms with Crippen molar-refractivity contribution in [3.05, 3.63) is 57.2 Å². The molecule has 1 aromatic carbocycles. The average molecular weight is 482 g/mol. The maximum atomic E-state index is 12.6. The van der Waals surface area contributed by atoms with Gasteiger partial charge in [-0.3, -0.25) is 9.59 Å². The Morgan fingerprint density at radius 3 is 3.06 bits per heavy atom. The number of thioether (sulfide) groups is 1. The molecule has 4 aromatic rings. The molecule has 1 aliphatic carbocycles. The van der Waals surface area contributed by atoms with Crippen LogP contribution in [0.2, 0.25) is 0 Å². The summed E-state index contributed by atoms with van der Waals surface area (Å²) in [6.07, 6.45) is 7.56. The number of aryl methyl sites for hydroxylation is 3. The van der Waals surface area contributed by atoms with Crippen LogP contribution in [0.5, 0.6) is 0 Å². The number of thiophene rings is 1. The number of aromatic nitrogens is 4. The van der Waals surface area contributed by atoms with E-state index in [0.717, 1.165) is 53.5 Å². The van der Waals surface area contributed by atoms with E-state index in [4.69, 9.17) is 4.98 Å². The number of H-pyrrole nitrogens is 1. The van der Waals surface area contributed by atoms with Crippen molar-refractivity contribution in [1.82, 2.24) is 24.8 Å². The highest BCUT2D eigenvalue weighted by Crippen LogP contribution is 2.33. The molecule has 0 unspecified atom stereocenters. The van der Waals surface area contributed by atoms with Crippen LogP contribution < -0.4 is 10.9 Å². The molecule has 0 saturated carbocycles. The van der Waals surface area contributed by atoms with E-state index in [1.807, 2.05) is 24.5 Å². The molecule has 0 spiro atoms. The molecule has 9 heteroatoms. The number of hydrogen-bond donors (Lipinski definition) is 2. The summed E-state index contributed by atoms with van der Waals surface area (Å²) in [4.78, 5) is 39.0. The normalized spacial score (nSPS) is 13.5. The van der Waals surface area contributed by atoms with Crippen molar-refractivity contribution in [1.29, 1.82) is 0 Å².